The normalized spacial score (nSPS) is 35.2. The van der Waals surface area contributed by atoms with Crippen molar-refractivity contribution in [3.8, 4) is 0 Å². The molecule has 216 valence electrons. The first kappa shape index (κ1) is 29.0. The molecule has 0 spiro atoms. The molecule has 3 saturated carbocycles. The molecule has 0 N–H and O–H groups in total. The number of benzene rings is 1. The average Bonchev–Trinajstić information content (AvgIpc) is 3.19. The second-order valence-corrected chi connectivity index (χ2v) is 14.0. The fraction of sp³-hybridized carbons (Fsp3) is 0.586. The minimum absolute atomic E-state index is 0.0255. The van der Waals surface area contributed by atoms with Gasteiger partial charge in [-0.05, 0) is 79.7 Å². The molecule has 5 rings (SSSR count). The lowest BCUT2D eigenvalue weighted by Gasteiger charge is -2.57. The van der Waals surface area contributed by atoms with Gasteiger partial charge in [-0.3, -0.25) is 18.6 Å². The van der Waals surface area contributed by atoms with E-state index >= 15 is 0 Å². The number of methoxy groups -OCH3 is 1. The van der Waals surface area contributed by atoms with E-state index in [9.17, 15) is 27.6 Å². The zero-order valence-corrected chi connectivity index (χ0v) is 24.3. The van der Waals surface area contributed by atoms with E-state index in [0.717, 1.165) is 12.7 Å². The molecule has 11 heteroatoms. The third kappa shape index (κ3) is 4.43. The minimum atomic E-state index is -4.32. The van der Waals surface area contributed by atoms with Crippen molar-refractivity contribution in [3.05, 3.63) is 40.9 Å². The maximum Gasteiger partial charge on any atom is 0.509 e. The summed E-state index contributed by atoms with van der Waals surface area (Å²) in [5.74, 6) is -1.20. The molecular formula is C29H33ClO9S. The molecule has 0 bridgehead atoms. The zero-order valence-electron chi connectivity index (χ0n) is 22.7. The molecule has 3 fully saturated rings. The predicted octanol–water partition coefficient (Wildman–Crippen LogP) is 4.85. The van der Waals surface area contributed by atoms with Crippen LogP contribution in [0.1, 0.15) is 58.8 Å². The highest BCUT2D eigenvalue weighted by molar-refractivity contribution is 7.86. The number of fused-ring (bicyclic) bond motifs is 5. The van der Waals surface area contributed by atoms with Crippen LogP contribution in [0.25, 0.3) is 0 Å². The molecule has 1 aromatic carbocycles. The van der Waals surface area contributed by atoms with Gasteiger partial charge in [-0.2, -0.15) is 8.42 Å². The molecule has 0 aliphatic heterocycles. The summed E-state index contributed by atoms with van der Waals surface area (Å²) in [6, 6.07) is 5.31. The first-order chi connectivity index (χ1) is 18.8. The van der Waals surface area contributed by atoms with Crippen LogP contribution in [0.2, 0.25) is 5.02 Å². The van der Waals surface area contributed by atoms with Crippen LogP contribution >= 0.6 is 11.6 Å². The molecule has 0 saturated heterocycles. The first-order valence-electron chi connectivity index (χ1n) is 13.5. The Morgan fingerprint density at radius 1 is 1.05 bits per heavy atom. The van der Waals surface area contributed by atoms with Crippen molar-refractivity contribution < 1.29 is 41.3 Å². The highest BCUT2D eigenvalue weighted by atomic mass is 35.5. The number of carbonyl (C=O) groups excluding carboxylic acids is 4. The van der Waals surface area contributed by atoms with Crippen LogP contribution in [0.5, 0.6) is 0 Å². The van der Waals surface area contributed by atoms with Crippen molar-refractivity contribution in [1.82, 2.24) is 0 Å². The predicted molar refractivity (Wildman–Crippen MR) is 143 cm³/mol. The maximum absolute atomic E-state index is 14.0. The molecule has 1 aromatic rings. The van der Waals surface area contributed by atoms with E-state index in [1.807, 2.05) is 0 Å². The molecule has 4 aliphatic carbocycles. The molecule has 0 radical (unpaired) electrons. The smallest absolute Gasteiger partial charge is 0.438 e. The highest BCUT2D eigenvalue weighted by Crippen LogP contribution is 2.67. The second kappa shape index (κ2) is 10.1. The Morgan fingerprint density at radius 2 is 1.75 bits per heavy atom. The van der Waals surface area contributed by atoms with Crippen molar-refractivity contribution in [1.29, 1.82) is 0 Å². The van der Waals surface area contributed by atoms with Gasteiger partial charge < -0.3 is 9.47 Å². The summed E-state index contributed by atoms with van der Waals surface area (Å²) < 4.78 is 41.3. The van der Waals surface area contributed by atoms with Gasteiger partial charge in [-0.1, -0.05) is 31.0 Å². The van der Waals surface area contributed by atoms with Crippen molar-refractivity contribution in [2.75, 3.05) is 13.7 Å². The van der Waals surface area contributed by atoms with Crippen molar-refractivity contribution >= 4 is 45.2 Å². The molecule has 0 amide bonds. The summed E-state index contributed by atoms with van der Waals surface area (Å²) >= 11 is 5.85. The Kier molecular flexibility index (Phi) is 7.28. The summed E-state index contributed by atoms with van der Waals surface area (Å²) in [5.41, 5.74) is -2.30. The molecule has 6 atom stereocenters. The lowest BCUT2D eigenvalue weighted by molar-refractivity contribution is -0.173. The van der Waals surface area contributed by atoms with Crippen LogP contribution in [-0.4, -0.2) is 51.2 Å². The second-order valence-electron chi connectivity index (χ2n) is 11.9. The van der Waals surface area contributed by atoms with Crippen LogP contribution in [0.4, 0.5) is 4.79 Å². The molecule has 0 heterocycles. The van der Waals surface area contributed by atoms with Gasteiger partial charge in [0.1, 0.15) is 12.4 Å². The van der Waals surface area contributed by atoms with E-state index < -0.39 is 45.1 Å². The Labute approximate surface area is 238 Å². The lowest BCUT2D eigenvalue weighted by Crippen LogP contribution is -2.62. The van der Waals surface area contributed by atoms with Crippen LogP contribution < -0.4 is 0 Å². The van der Waals surface area contributed by atoms with Crippen LogP contribution in [0, 0.1) is 28.6 Å². The molecule has 9 nitrogen and oxygen atoms in total. The van der Waals surface area contributed by atoms with Crippen LogP contribution in [0.15, 0.2) is 40.8 Å². The summed E-state index contributed by atoms with van der Waals surface area (Å²) in [7, 11) is -3.20. The van der Waals surface area contributed by atoms with Crippen molar-refractivity contribution in [3.63, 3.8) is 0 Å². The lowest BCUT2D eigenvalue weighted by atomic mass is 9.46. The number of ketones is 3. The average molecular weight is 593 g/mol. The van der Waals surface area contributed by atoms with E-state index in [2.05, 4.69) is 6.92 Å². The van der Waals surface area contributed by atoms with E-state index in [1.165, 1.54) is 24.3 Å². The van der Waals surface area contributed by atoms with Gasteiger partial charge in [-0.25, -0.2) is 4.79 Å². The zero-order chi connectivity index (χ0) is 29.1. The number of carbonyl (C=O) groups is 4. The highest BCUT2D eigenvalue weighted by Gasteiger charge is 2.71. The topological polar surface area (TPSA) is 130 Å². The van der Waals surface area contributed by atoms with Crippen molar-refractivity contribution in [2.24, 2.45) is 28.6 Å². The number of hydrogen-bond acceptors (Lipinski definition) is 9. The van der Waals surface area contributed by atoms with E-state index in [1.54, 1.807) is 13.0 Å². The third-order valence-electron chi connectivity index (χ3n) is 10.1. The van der Waals surface area contributed by atoms with Gasteiger partial charge in [0.2, 0.25) is 5.78 Å². The van der Waals surface area contributed by atoms with Gasteiger partial charge in [0, 0.05) is 29.2 Å². The first-order valence-corrected chi connectivity index (χ1v) is 15.3. The Morgan fingerprint density at radius 3 is 2.42 bits per heavy atom. The maximum atomic E-state index is 14.0. The van der Waals surface area contributed by atoms with Crippen LogP contribution in [-0.2, 0) is 38.2 Å². The monoisotopic (exact) mass is 592 g/mol. The Hall–Kier alpha value is -2.56. The van der Waals surface area contributed by atoms with Gasteiger partial charge in [-0.15, -0.1) is 0 Å². The number of Topliss-reactive ketones (excluding diaryl/α,β-unsaturated/α-hetero) is 2. The summed E-state index contributed by atoms with van der Waals surface area (Å²) in [6.07, 6.45) is 3.58. The number of allylic oxidation sites excluding steroid dienone is 1. The third-order valence-corrected chi connectivity index (χ3v) is 11.6. The molecule has 0 aromatic heterocycles. The molecule has 4 aliphatic rings. The summed E-state index contributed by atoms with van der Waals surface area (Å²) in [6.45, 7) is 2.97. The number of ether oxygens (including phenoxy) is 2. The standard InChI is InChI=1S/C29H33ClO9S/c1-27-12-10-19(31)14-17(27)4-9-21-22-11-13-29(39-26(34)37-3,28(22,2)15-23(32)25(21)27)24(33)16-38-40(35,36)20-7-5-18(30)6-8-20/h5-8,14,21-22,25H,4,9-13,15-16H2,1-3H3/t21-,22-,25+,27-,28-,29-/m0/s1. The fourth-order valence-corrected chi connectivity index (χ4v) is 9.15. The SMILES string of the molecule is COC(=O)O[C@]1(C(=O)COS(=O)(=O)c2ccc(Cl)cc2)CC[C@H]2[C@@H]3CCC4=CC(=O)CC[C@]4(C)[C@H]3C(=O)C[C@@]21C. The molecule has 40 heavy (non-hydrogen) atoms. The fourth-order valence-electron chi connectivity index (χ4n) is 8.15. The van der Waals surface area contributed by atoms with E-state index in [0.29, 0.717) is 37.1 Å². The van der Waals surface area contributed by atoms with Gasteiger partial charge in [0.15, 0.2) is 11.4 Å². The van der Waals surface area contributed by atoms with E-state index in [4.69, 9.17) is 25.3 Å². The Balaban J connectivity index is 1.47. The number of halogens is 1. The molecular weight excluding hydrogens is 560 g/mol. The van der Waals surface area contributed by atoms with Gasteiger partial charge >= 0.3 is 6.16 Å². The van der Waals surface area contributed by atoms with Crippen LogP contribution in [0.3, 0.4) is 0 Å². The number of hydrogen-bond donors (Lipinski definition) is 0. The number of rotatable bonds is 6. The summed E-state index contributed by atoms with van der Waals surface area (Å²) in [5, 5.41) is 0.338. The minimum Gasteiger partial charge on any atom is -0.438 e. The summed E-state index contributed by atoms with van der Waals surface area (Å²) in [4.78, 5) is 52.3. The quantitative estimate of drug-likeness (QED) is 0.336. The van der Waals surface area contributed by atoms with Crippen molar-refractivity contribution in [2.45, 2.75) is 69.3 Å². The Bertz CT molecular complexity index is 1400. The largest absolute Gasteiger partial charge is 0.509 e. The molecule has 0 unspecified atom stereocenters. The van der Waals surface area contributed by atoms with Gasteiger partial charge in [0.05, 0.1) is 12.0 Å². The van der Waals surface area contributed by atoms with E-state index in [-0.39, 0.29) is 47.1 Å². The van der Waals surface area contributed by atoms with Gasteiger partial charge in [0.25, 0.3) is 10.1 Å².